The highest BCUT2D eigenvalue weighted by molar-refractivity contribution is 5.91. The van der Waals surface area contributed by atoms with E-state index in [1.807, 2.05) is 0 Å². The second-order valence-electron chi connectivity index (χ2n) is 4.49. The van der Waals surface area contributed by atoms with Gasteiger partial charge >= 0.3 is 6.29 Å². The Balaban J connectivity index is 1.96. The van der Waals surface area contributed by atoms with Gasteiger partial charge in [-0.15, -0.1) is 8.78 Å². The first-order valence-corrected chi connectivity index (χ1v) is 5.59. The maximum absolute atomic E-state index is 12.9. The minimum atomic E-state index is -3.62. The third-order valence-electron chi connectivity index (χ3n) is 3.37. The van der Waals surface area contributed by atoms with Crippen LogP contribution in [0.3, 0.4) is 0 Å². The molecule has 1 heterocycles. The molecule has 1 amide bonds. The average Bonchev–Trinajstić information content (AvgIpc) is 3.05. The van der Waals surface area contributed by atoms with Crippen molar-refractivity contribution in [1.82, 2.24) is 5.32 Å². The second-order valence-corrected chi connectivity index (χ2v) is 4.49. The number of nitrogens with one attached hydrogen (secondary N) is 1. The molecule has 1 aromatic rings. The molecule has 96 valence electrons. The molecule has 4 nitrogen and oxygen atoms in total. The molecule has 6 heteroatoms. The summed E-state index contributed by atoms with van der Waals surface area (Å²) >= 11 is 0. The molecule has 0 spiro atoms. The van der Waals surface area contributed by atoms with Crippen molar-refractivity contribution in [2.24, 2.45) is 0 Å². The largest absolute Gasteiger partial charge is 0.586 e. The Hall–Kier alpha value is -1.85. The highest BCUT2D eigenvalue weighted by Gasteiger charge is 2.52. The van der Waals surface area contributed by atoms with Gasteiger partial charge < -0.3 is 14.8 Å². The van der Waals surface area contributed by atoms with Crippen molar-refractivity contribution >= 4 is 5.91 Å². The fourth-order valence-electron chi connectivity index (χ4n) is 2.26. The summed E-state index contributed by atoms with van der Waals surface area (Å²) in [5.74, 6) is -0.128. The van der Waals surface area contributed by atoms with E-state index in [9.17, 15) is 13.6 Å². The zero-order chi connectivity index (χ0) is 13.0. The molecule has 0 radical (unpaired) electrons. The summed E-state index contributed by atoms with van der Waals surface area (Å²) in [5, 5.41) is 2.59. The van der Waals surface area contributed by atoms with Crippen molar-refractivity contribution in [3.05, 3.63) is 23.8 Å². The van der Waals surface area contributed by atoms with Crippen molar-refractivity contribution < 1.29 is 23.0 Å². The summed E-state index contributed by atoms with van der Waals surface area (Å²) < 4.78 is 34.5. The van der Waals surface area contributed by atoms with Gasteiger partial charge in [0.05, 0.1) is 5.41 Å². The van der Waals surface area contributed by atoms with Gasteiger partial charge in [0.2, 0.25) is 5.91 Å². The van der Waals surface area contributed by atoms with Gasteiger partial charge in [-0.3, -0.25) is 4.79 Å². The van der Waals surface area contributed by atoms with Gasteiger partial charge in [0.15, 0.2) is 11.5 Å². The Morgan fingerprint density at radius 2 is 1.94 bits per heavy atom. The van der Waals surface area contributed by atoms with Gasteiger partial charge in [-0.05, 0) is 30.5 Å². The molecule has 0 bridgehead atoms. The van der Waals surface area contributed by atoms with Crippen LogP contribution in [0.5, 0.6) is 11.5 Å². The maximum atomic E-state index is 12.9. The number of ether oxygens (including phenoxy) is 2. The van der Waals surface area contributed by atoms with E-state index < -0.39 is 11.7 Å². The van der Waals surface area contributed by atoms with E-state index in [4.69, 9.17) is 0 Å². The summed E-state index contributed by atoms with van der Waals surface area (Å²) in [4.78, 5) is 11.8. The first-order valence-electron chi connectivity index (χ1n) is 5.59. The van der Waals surface area contributed by atoms with Gasteiger partial charge in [-0.1, -0.05) is 6.07 Å². The first kappa shape index (κ1) is 11.3. The highest BCUT2D eigenvalue weighted by atomic mass is 19.3. The number of rotatable bonds is 2. The molecule has 1 aliphatic carbocycles. The lowest BCUT2D eigenvalue weighted by Gasteiger charge is -2.13. The van der Waals surface area contributed by atoms with Crippen LogP contribution < -0.4 is 14.8 Å². The monoisotopic (exact) mass is 255 g/mol. The molecule has 0 unspecified atom stereocenters. The van der Waals surface area contributed by atoms with Crippen LogP contribution in [-0.4, -0.2) is 19.2 Å². The summed E-state index contributed by atoms with van der Waals surface area (Å²) in [5.41, 5.74) is 0.0901. The van der Waals surface area contributed by atoms with Crippen LogP contribution in [0, 0.1) is 0 Å². The number of hydrogen-bond acceptors (Lipinski definition) is 3. The van der Waals surface area contributed by atoms with Crippen LogP contribution in [0.15, 0.2) is 18.2 Å². The van der Waals surface area contributed by atoms with Crippen molar-refractivity contribution in [3.8, 4) is 11.5 Å². The van der Waals surface area contributed by atoms with Crippen LogP contribution in [0.4, 0.5) is 8.78 Å². The number of amides is 1. The van der Waals surface area contributed by atoms with E-state index in [2.05, 4.69) is 14.8 Å². The van der Waals surface area contributed by atoms with Crippen molar-refractivity contribution in [2.45, 2.75) is 24.6 Å². The predicted molar refractivity (Wildman–Crippen MR) is 57.6 cm³/mol. The molecule has 1 fully saturated rings. The second kappa shape index (κ2) is 3.34. The molecule has 1 aromatic carbocycles. The SMILES string of the molecule is CNC(=O)C1(c2ccc3c(c2)OC(F)(F)O3)CC1. The lowest BCUT2D eigenvalue weighted by atomic mass is 9.94. The van der Waals surface area contributed by atoms with E-state index >= 15 is 0 Å². The molecular weight excluding hydrogens is 244 g/mol. The van der Waals surface area contributed by atoms with Gasteiger partial charge in [-0.25, -0.2) is 0 Å². The predicted octanol–water partition coefficient (Wildman–Crippen LogP) is 1.79. The van der Waals surface area contributed by atoms with Crippen LogP contribution >= 0.6 is 0 Å². The fourth-order valence-corrected chi connectivity index (χ4v) is 2.26. The minimum absolute atomic E-state index is 0.00328. The standard InChI is InChI=1S/C12H11F2NO3/c1-15-10(16)11(4-5-11)7-2-3-8-9(6-7)18-12(13,14)17-8/h2-3,6H,4-5H2,1H3,(H,15,16). The summed E-state index contributed by atoms with van der Waals surface area (Å²) in [7, 11) is 1.56. The van der Waals surface area contributed by atoms with Crippen LogP contribution in [0.2, 0.25) is 0 Å². The van der Waals surface area contributed by atoms with E-state index in [1.165, 1.54) is 12.1 Å². The first-order chi connectivity index (χ1) is 8.47. The van der Waals surface area contributed by atoms with Gasteiger partial charge in [0.1, 0.15) is 0 Å². The van der Waals surface area contributed by atoms with Gasteiger partial charge in [-0.2, -0.15) is 0 Å². The molecule has 3 rings (SSSR count). The highest BCUT2D eigenvalue weighted by Crippen LogP contribution is 2.51. The van der Waals surface area contributed by atoms with E-state index in [0.29, 0.717) is 18.4 Å². The number of halogens is 2. The Labute approximate surface area is 102 Å². The molecule has 0 aromatic heterocycles. The Bertz CT molecular complexity index is 526. The number of benzene rings is 1. The van der Waals surface area contributed by atoms with Crippen molar-refractivity contribution in [2.75, 3.05) is 7.05 Å². The lowest BCUT2D eigenvalue weighted by Crippen LogP contribution is -2.31. The molecule has 0 atom stereocenters. The molecule has 1 saturated carbocycles. The minimum Gasteiger partial charge on any atom is -0.395 e. The Morgan fingerprint density at radius 3 is 2.56 bits per heavy atom. The Morgan fingerprint density at radius 1 is 1.28 bits per heavy atom. The number of alkyl halides is 2. The van der Waals surface area contributed by atoms with Gasteiger partial charge in [0.25, 0.3) is 0 Å². The van der Waals surface area contributed by atoms with Gasteiger partial charge in [0, 0.05) is 7.05 Å². The van der Waals surface area contributed by atoms with Crippen molar-refractivity contribution in [1.29, 1.82) is 0 Å². The molecule has 2 aliphatic rings. The maximum Gasteiger partial charge on any atom is 0.586 e. The zero-order valence-corrected chi connectivity index (χ0v) is 9.63. The Kier molecular flexibility index (Phi) is 2.09. The summed E-state index contributed by atoms with van der Waals surface area (Å²) in [6, 6.07) is 4.50. The lowest BCUT2D eigenvalue weighted by molar-refractivity contribution is -0.286. The number of fused-ring (bicyclic) bond motifs is 1. The molecule has 0 saturated heterocycles. The topological polar surface area (TPSA) is 47.6 Å². The normalized spacial score (nSPS) is 21.5. The molecule has 1 aliphatic heterocycles. The molecule has 18 heavy (non-hydrogen) atoms. The summed E-state index contributed by atoms with van der Waals surface area (Å²) in [6.45, 7) is 0. The van der Waals surface area contributed by atoms with E-state index in [0.717, 1.165) is 0 Å². The van der Waals surface area contributed by atoms with E-state index in [1.54, 1.807) is 13.1 Å². The number of carbonyl (C=O) groups is 1. The average molecular weight is 255 g/mol. The molecule has 1 N–H and O–H groups in total. The van der Waals surface area contributed by atoms with Crippen LogP contribution in [-0.2, 0) is 10.2 Å². The fraction of sp³-hybridized carbons (Fsp3) is 0.417. The quantitative estimate of drug-likeness (QED) is 0.876. The van der Waals surface area contributed by atoms with Crippen LogP contribution in [0.25, 0.3) is 0 Å². The smallest absolute Gasteiger partial charge is 0.395 e. The van der Waals surface area contributed by atoms with Crippen LogP contribution in [0.1, 0.15) is 18.4 Å². The number of likely N-dealkylation sites (N-methyl/N-ethyl adjacent to an activating group) is 1. The number of carbonyl (C=O) groups excluding carboxylic acids is 1. The molecular formula is C12H11F2NO3. The summed E-state index contributed by atoms with van der Waals surface area (Å²) in [6.07, 6.45) is -2.20. The van der Waals surface area contributed by atoms with E-state index in [-0.39, 0.29) is 17.4 Å². The zero-order valence-electron chi connectivity index (χ0n) is 9.63. The van der Waals surface area contributed by atoms with Crippen molar-refractivity contribution in [3.63, 3.8) is 0 Å². The third kappa shape index (κ3) is 1.52. The number of hydrogen-bond donors (Lipinski definition) is 1. The third-order valence-corrected chi connectivity index (χ3v) is 3.37.